The Morgan fingerprint density at radius 2 is 1.43 bits per heavy atom. The zero-order chi connectivity index (χ0) is 30.4. The molecule has 2 aromatic rings. The molecule has 4 radical (unpaired) electrons. The van der Waals surface area contributed by atoms with Gasteiger partial charge < -0.3 is 14.0 Å². The van der Waals surface area contributed by atoms with E-state index in [9.17, 15) is 4.79 Å². The molecule has 0 amide bonds. The van der Waals surface area contributed by atoms with Crippen LogP contribution in [0.3, 0.4) is 0 Å². The van der Waals surface area contributed by atoms with Crippen molar-refractivity contribution in [2.24, 2.45) is 0 Å². The Labute approximate surface area is 252 Å². The van der Waals surface area contributed by atoms with Gasteiger partial charge >= 0.3 is 5.97 Å². The molecule has 0 spiro atoms. The third kappa shape index (κ3) is 11.4. The predicted molar refractivity (Wildman–Crippen MR) is 172 cm³/mol. The van der Waals surface area contributed by atoms with Gasteiger partial charge in [0.1, 0.15) is 0 Å². The van der Waals surface area contributed by atoms with Crippen LogP contribution in [0.4, 0.5) is 0 Å². The van der Waals surface area contributed by atoms with Gasteiger partial charge in [0, 0.05) is 16.2 Å². The van der Waals surface area contributed by atoms with Crippen LogP contribution in [0.2, 0.25) is 10.1 Å². The summed E-state index contributed by atoms with van der Waals surface area (Å²) in [5.74, 6) is -0.749. The lowest BCUT2D eigenvalue weighted by Gasteiger charge is -2.37. The summed E-state index contributed by atoms with van der Waals surface area (Å²) in [5, 5.41) is 9.18. The lowest BCUT2D eigenvalue weighted by atomic mass is 9.84. The molecule has 1 heterocycles. The Morgan fingerprint density at radius 3 is 1.95 bits per heavy atom. The van der Waals surface area contributed by atoms with Gasteiger partial charge in [-0.05, 0) is 97.9 Å². The van der Waals surface area contributed by atoms with Crippen molar-refractivity contribution < 1.29 is 18.8 Å². The molecule has 1 aromatic heterocycles. The summed E-state index contributed by atoms with van der Waals surface area (Å²) < 4.78 is 13.1. The van der Waals surface area contributed by atoms with E-state index in [2.05, 4.69) is 113 Å². The molecular weight excluding hydrogens is 549 g/mol. The number of carboxylic acids is 1. The van der Waals surface area contributed by atoms with Gasteiger partial charge in [-0.3, -0.25) is 4.79 Å². The van der Waals surface area contributed by atoms with Crippen molar-refractivity contribution in [3.8, 4) is 0 Å². The molecule has 0 saturated carbocycles. The Morgan fingerprint density at radius 1 is 0.850 bits per heavy atom. The van der Waals surface area contributed by atoms with E-state index in [-0.39, 0.29) is 16.5 Å². The number of aryl methyl sites for hydroxylation is 2. The van der Waals surface area contributed by atoms with Crippen LogP contribution in [-0.4, -0.2) is 30.6 Å². The number of carboxylic acid groups (broad SMARTS) is 1. The largest absolute Gasteiger partial charge is 0.481 e. The standard InChI is InChI=1S/C33H50O4SSi2/c1-12-24(14-13-15-29(34)35)28-21-19-25(38-28)18-16-23-17-20-26(32(8,9)36-39-30(2,3)4)27(22-23)33(10,11)37-40-31(5,6)7/h14,17,19-22H,12-13,15-16,18H2,1-11H3,(H,34,35). The minimum absolute atomic E-state index is 0.102. The smallest absolute Gasteiger partial charge is 0.303 e. The maximum absolute atomic E-state index is 10.9. The van der Waals surface area contributed by atoms with E-state index in [0.29, 0.717) is 25.9 Å². The maximum Gasteiger partial charge on any atom is 0.303 e. The Hall–Kier alpha value is -1.52. The molecule has 0 atom stereocenters. The van der Waals surface area contributed by atoms with Gasteiger partial charge in [-0.15, -0.1) is 11.3 Å². The van der Waals surface area contributed by atoms with Crippen LogP contribution in [0.1, 0.15) is 122 Å². The van der Waals surface area contributed by atoms with Crippen LogP contribution in [0.25, 0.3) is 5.57 Å². The minimum Gasteiger partial charge on any atom is -0.481 e. The molecule has 0 aliphatic rings. The van der Waals surface area contributed by atoms with Crippen molar-refractivity contribution in [3.63, 3.8) is 0 Å². The zero-order valence-corrected chi connectivity index (χ0v) is 29.4. The molecule has 0 saturated heterocycles. The van der Waals surface area contributed by atoms with Gasteiger partial charge in [0.2, 0.25) is 19.5 Å². The Bertz CT molecular complexity index is 1150. The molecule has 2 rings (SSSR count). The molecular formula is C33H50O4SSi2. The molecule has 7 heteroatoms. The van der Waals surface area contributed by atoms with Gasteiger partial charge in [-0.2, -0.15) is 0 Å². The molecule has 0 aliphatic carbocycles. The average Bonchev–Trinajstić information content (AvgIpc) is 3.31. The number of hydrogen-bond acceptors (Lipinski definition) is 4. The first-order valence-corrected chi connectivity index (χ1v) is 17.0. The summed E-state index contributed by atoms with van der Waals surface area (Å²) in [6, 6.07) is 11.3. The maximum atomic E-state index is 10.9. The fourth-order valence-electron chi connectivity index (χ4n) is 4.18. The summed E-state index contributed by atoms with van der Waals surface area (Å²) in [6.45, 7) is 24.2. The van der Waals surface area contributed by atoms with Gasteiger partial charge in [0.25, 0.3) is 0 Å². The second kappa shape index (κ2) is 14.1. The number of aliphatic carboxylic acids is 1. The van der Waals surface area contributed by atoms with Crippen LogP contribution < -0.4 is 0 Å². The summed E-state index contributed by atoms with van der Waals surface area (Å²) in [5.41, 5.74) is 4.04. The van der Waals surface area contributed by atoms with Crippen LogP contribution in [0, 0.1) is 0 Å². The van der Waals surface area contributed by atoms with Crippen molar-refractivity contribution >= 4 is 42.4 Å². The van der Waals surface area contributed by atoms with E-state index in [4.69, 9.17) is 14.0 Å². The summed E-state index contributed by atoms with van der Waals surface area (Å²) >= 11 is 1.82. The molecule has 0 bridgehead atoms. The van der Waals surface area contributed by atoms with E-state index >= 15 is 0 Å². The normalized spacial score (nSPS) is 13.6. The van der Waals surface area contributed by atoms with Crippen LogP contribution in [-0.2, 0) is 37.7 Å². The number of thiophene rings is 1. The highest BCUT2D eigenvalue weighted by molar-refractivity contribution is 7.13. The fourth-order valence-corrected chi connectivity index (χ4v) is 6.64. The molecule has 1 N–H and O–H groups in total. The molecule has 4 nitrogen and oxygen atoms in total. The summed E-state index contributed by atoms with van der Waals surface area (Å²) in [4.78, 5) is 13.5. The lowest BCUT2D eigenvalue weighted by molar-refractivity contribution is -0.136. The Kier molecular flexibility index (Phi) is 12.2. The summed E-state index contributed by atoms with van der Waals surface area (Å²) in [6.07, 6.45) is 5.65. The molecule has 0 aliphatic heterocycles. The fraction of sp³-hybridized carbons (Fsp3) is 0.606. The molecule has 0 unspecified atom stereocenters. The van der Waals surface area contributed by atoms with Gasteiger partial charge in [0.05, 0.1) is 11.2 Å². The minimum atomic E-state index is -0.749. The molecule has 40 heavy (non-hydrogen) atoms. The van der Waals surface area contributed by atoms with Gasteiger partial charge in [-0.25, -0.2) is 0 Å². The van der Waals surface area contributed by atoms with Crippen molar-refractivity contribution in [2.45, 2.75) is 130 Å². The SMILES string of the molecule is CCC(=CCCC(=O)O)c1ccc(CCc2ccc(C(C)(C)O[Si]C(C)(C)C)c(C(C)(C)O[Si]C(C)(C)C)c2)s1. The summed E-state index contributed by atoms with van der Waals surface area (Å²) in [7, 11) is 0.784. The first kappa shape index (κ1) is 34.7. The number of hydrogen-bond donors (Lipinski definition) is 1. The van der Waals surface area contributed by atoms with Crippen LogP contribution in [0.15, 0.2) is 36.4 Å². The highest BCUT2D eigenvalue weighted by atomic mass is 32.1. The zero-order valence-electron chi connectivity index (χ0n) is 26.6. The first-order chi connectivity index (χ1) is 18.3. The van der Waals surface area contributed by atoms with Crippen molar-refractivity contribution in [1.82, 2.24) is 0 Å². The van der Waals surface area contributed by atoms with E-state index in [0.717, 1.165) is 19.3 Å². The number of rotatable bonds is 14. The van der Waals surface area contributed by atoms with Crippen molar-refractivity contribution in [1.29, 1.82) is 0 Å². The third-order valence-corrected chi connectivity index (χ3v) is 10.0. The van der Waals surface area contributed by atoms with Crippen LogP contribution >= 0.6 is 11.3 Å². The van der Waals surface area contributed by atoms with Gasteiger partial charge in [-0.1, -0.05) is 72.7 Å². The van der Waals surface area contributed by atoms with E-state index in [1.165, 1.54) is 32.0 Å². The predicted octanol–water partition coefficient (Wildman–Crippen LogP) is 9.37. The second-order valence-corrected chi connectivity index (χ2v) is 18.6. The highest BCUT2D eigenvalue weighted by Crippen LogP contribution is 2.39. The lowest BCUT2D eigenvalue weighted by Crippen LogP contribution is -2.34. The quantitative estimate of drug-likeness (QED) is 0.220. The van der Waals surface area contributed by atoms with Crippen molar-refractivity contribution in [2.75, 3.05) is 0 Å². The molecule has 220 valence electrons. The first-order valence-electron chi connectivity index (χ1n) is 14.4. The van der Waals surface area contributed by atoms with Crippen molar-refractivity contribution in [3.05, 3.63) is 62.9 Å². The van der Waals surface area contributed by atoms with Crippen LogP contribution in [0.5, 0.6) is 0 Å². The second-order valence-electron chi connectivity index (χ2n) is 13.6. The number of benzene rings is 1. The van der Waals surface area contributed by atoms with E-state index in [1.54, 1.807) is 0 Å². The van der Waals surface area contributed by atoms with E-state index < -0.39 is 17.2 Å². The molecule has 0 fully saturated rings. The average molecular weight is 599 g/mol. The van der Waals surface area contributed by atoms with Gasteiger partial charge in [0.15, 0.2) is 0 Å². The Balaban J connectivity index is 2.31. The topological polar surface area (TPSA) is 55.8 Å². The molecule has 1 aromatic carbocycles. The monoisotopic (exact) mass is 598 g/mol. The van der Waals surface area contributed by atoms with E-state index in [1.807, 2.05) is 11.3 Å². The number of carbonyl (C=O) groups is 1. The highest BCUT2D eigenvalue weighted by Gasteiger charge is 2.34. The number of allylic oxidation sites excluding steroid dienone is 2. The third-order valence-electron chi connectivity index (χ3n) is 6.37.